The van der Waals surface area contributed by atoms with E-state index in [-0.39, 0.29) is 11.6 Å². The molecule has 3 heterocycles. The molecular formula is C22H28FN3OS. The second kappa shape index (κ2) is 8.72. The van der Waals surface area contributed by atoms with Crippen LogP contribution in [-0.2, 0) is 6.54 Å². The van der Waals surface area contributed by atoms with Gasteiger partial charge in [-0.05, 0) is 55.5 Å². The number of para-hydroxylation sites is 1. The number of rotatable bonds is 5. The Morgan fingerprint density at radius 3 is 2.68 bits per heavy atom. The van der Waals surface area contributed by atoms with E-state index >= 15 is 0 Å². The zero-order valence-electron chi connectivity index (χ0n) is 16.4. The summed E-state index contributed by atoms with van der Waals surface area (Å²) in [4.78, 5) is 19.6. The predicted octanol–water partition coefficient (Wildman–Crippen LogP) is 3.88. The Kier molecular flexibility index (Phi) is 6.09. The predicted molar refractivity (Wildman–Crippen MR) is 113 cm³/mol. The molecule has 0 spiro atoms. The molecule has 2 fully saturated rings. The molecule has 2 aliphatic heterocycles. The van der Waals surface area contributed by atoms with Crippen molar-refractivity contribution in [2.45, 2.75) is 32.4 Å². The summed E-state index contributed by atoms with van der Waals surface area (Å²) in [5.41, 5.74) is 1.98. The number of halogens is 1. The maximum absolute atomic E-state index is 14.1. The Bertz CT molecular complexity index is 816. The van der Waals surface area contributed by atoms with Gasteiger partial charge in [-0.25, -0.2) is 4.39 Å². The Morgan fingerprint density at radius 1 is 1.18 bits per heavy atom. The molecule has 4 rings (SSSR count). The highest BCUT2D eigenvalue weighted by molar-refractivity contribution is 7.12. The van der Waals surface area contributed by atoms with Crippen LogP contribution < -0.4 is 4.90 Å². The van der Waals surface area contributed by atoms with Crippen molar-refractivity contribution in [3.63, 3.8) is 0 Å². The summed E-state index contributed by atoms with van der Waals surface area (Å²) in [6.07, 6.45) is 2.44. The van der Waals surface area contributed by atoms with Gasteiger partial charge in [0.15, 0.2) is 5.78 Å². The van der Waals surface area contributed by atoms with Gasteiger partial charge in [0.05, 0.1) is 10.6 Å². The van der Waals surface area contributed by atoms with Gasteiger partial charge in [-0.3, -0.25) is 14.6 Å². The molecule has 4 nitrogen and oxygen atoms in total. The van der Waals surface area contributed by atoms with Crippen LogP contribution in [0.2, 0.25) is 0 Å². The lowest BCUT2D eigenvalue weighted by Crippen LogP contribution is -2.55. The molecule has 28 heavy (non-hydrogen) atoms. The van der Waals surface area contributed by atoms with Crippen LogP contribution in [0.3, 0.4) is 0 Å². The maximum Gasteiger partial charge on any atom is 0.169 e. The van der Waals surface area contributed by atoms with E-state index in [1.807, 2.05) is 18.2 Å². The van der Waals surface area contributed by atoms with Crippen molar-refractivity contribution in [1.82, 2.24) is 9.80 Å². The molecule has 2 aromatic rings. The highest BCUT2D eigenvalue weighted by Gasteiger charge is 2.28. The first-order valence-electron chi connectivity index (χ1n) is 10.1. The summed E-state index contributed by atoms with van der Waals surface area (Å²) in [5.74, 6) is 0.0287. The molecule has 1 aromatic carbocycles. The molecule has 1 aromatic heterocycles. The van der Waals surface area contributed by atoms with Crippen LogP contribution in [0.4, 0.5) is 10.1 Å². The molecule has 0 aliphatic carbocycles. The zero-order valence-corrected chi connectivity index (χ0v) is 17.3. The van der Waals surface area contributed by atoms with E-state index in [0.717, 1.165) is 56.4 Å². The van der Waals surface area contributed by atoms with Crippen molar-refractivity contribution < 1.29 is 9.18 Å². The first-order valence-corrected chi connectivity index (χ1v) is 11.0. The third-order valence-electron chi connectivity index (χ3n) is 5.91. The van der Waals surface area contributed by atoms with Crippen LogP contribution in [0, 0.1) is 5.82 Å². The van der Waals surface area contributed by atoms with Crippen molar-refractivity contribution >= 4 is 22.8 Å². The van der Waals surface area contributed by atoms with Crippen molar-refractivity contribution in [2.75, 3.05) is 44.2 Å². The van der Waals surface area contributed by atoms with E-state index in [4.69, 9.17) is 0 Å². The van der Waals surface area contributed by atoms with Crippen molar-refractivity contribution in [3.8, 4) is 0 Å². The Hall–Kier alpha value is -1.76. The van der Waals surface area contributed by atoms with Crippen LogP contribution in [0.15, 0.2) is 35.7 Å². The summed E-state index contributed by atoms with van der Waals surface area (Å²) in [5, 5.41) is 2.12. The fraction of sp³-hybridized carbons (Fsp3) is 0.500. The number of carbonyl (C=O) groups excluding carboxylic acids is 1. The van der Waals surface area contributed by atoms with E-state index in [2.05, 4.69) is 20.1 Å². The number of benzene rings is 1. The second-order valence-electron chi connectivity index (χ2n) is 7.88. The van der Waals surface area contributed by atoms with E-state index in [9.17, 15) is 9.18 Å². The molecule has 6 heteroatoms. The minimum Gasteiger partial charge on any atom is -0.367 e. The van der Waals surface area contributed by atoms with Crippen molar-refractivity contribution in [2.24, 2.45) is 0 Å². The molecule has 0 radical (unpaired) electrons. The molecule has 1 atom stereocenters. The number of hydrogen-bond acceptors (Lipinski definition) is 5. The normalized spacial score (nSPS) is 21.8. The fourth-order valence-corrected chi connectivity index (χ4v) is 5.22. The van der Waals surface area contributed by atoms with Gasteiger partial charge in [-0.1, -0.05) is 12.1 Å². The first kappa shape index (κ1) is 19.6. The summed E-state index contributed by atoms with van der Waals surface area (Å²) < 4.78 is 14.1. The highest BCUT2D eigenvalue weighted by Crippen LogP contribution is 2.24. The third kappa shape index (κ3) is 4.45. The van der Waals surface area contributed by atoms with Gasteiger partial charge in [-0.2, -0.15) is 0 Å². The second-order valence-corrected chi connectivity index (χ2v) is 8.79. The lowest BCUT2D eigenvalue weighted by molar-refractivity contribution is 0.0887. The van der Waals surface area contributed by atoms with Gasteiger partial charge >= 0.3 is 0 Å². The average molecular weight is 402 g/mol. The molecule has 0 bridgehead atoms. The van der Waals surface area contributed by atoms with Crippen LogP contribution >= 0.6 is 11.3 Å². The van der Waals surface area contributed by atoms with Crippen LogP contribution in [-0.4, -0.2) is 60.9 Å². The molecule has 150 valence electrons. The van der Waals surface area contributed by atoms with E-state index in [1.165, 1.54) is 18.4 Å². The van der Waals surface area contributed by atoms with Gasteiger partial charge in [0.25, 0.3) is 0 Å². The van der Waals surface area contributed by atoms with Crippen LogP contribution in [0.5, 0.6) is 0 Å². The Morgan fingerprint density at radius 2 is 1.96 bits per heavy atom. The SMILES string of the molecule is CC(=O)c1cc(CN2CCC[C@@H](N3CCN(c4ccccc4F)CC3)C2)cs1. The van der Waals surface area contributed by atoms with E-state index in [1.54, 1.807) is 30.4 Å². The number of likely N-dealkylation sites (tertiary alicyclic amines) is 1. The number of piperazine rings is 1. The minimum atomic E-state index is -0.125. The summed E-state index contributed by atoms with van der Waals surface area (Å²) in [6, 6.07) is 9.70. The van der Waals surface area contributed by atoms with Crippen molar-refractivity contribution in [3.05, 3.63) is 52.0 Å². The fourth-order valence-electron chi connectivity index (χ4n) is 4.41. The maximum atomic E-state index is 14.1. The minimum absolute atomic E-state index is 0.125. The lowest BCUT2D eigenvalue weighted by Gasteiger charge is -2.44. The Labute approximate surface area is 170 Å². The van der Waals surface area contributed by atoms with E-state index in [0.29, 0.717) is 6.04 Å². The zero-order chi connectivity index (χ0) is 19.5. The summed E-state index contributed by atoms with van der Waals surface area (Å²) >= 11 is 1.55. The van der Waals surface area contributed by atoms with Gasteiger partial charge in [0, 0.05) is 45.3 Å². The molecular weight excluding hydrogens is 373 g/mol. The molecule has 0 unspecified atom stereocenters. The number of anilines is 1. The standard InChI is InChI=1S/C22H28FN3OS/c1-17(27)22-13-18(16-28-22)14-24-8-4-5-19(15-24)25-9-11-26(12-10-25)21-7-3-2-6-20(21)23/h2-3,6-7,13,16,19H,4-5,8-12,14-15H2,1H3/t19-/m1/s1. The topological polar surface area (TPSA) is 26.8 Å². The third-order valence-corrected chi connectivity index (χ3v) is 6.99. The first-order chi connectivity index (χ1) is 13.6. The molecule has 0 N–H and O–H groups in total. The number of nitrogens with zero attached hydrogens (tertiary/aromatic N) is 3. The number of hydrogen-bond donors (Lipinski definition) is 0. The number of piperidine rings is 1. The van der Waals surface area contributed by atoms with Gasteiger partial charge in [0.1, 0.15) is 5.82 Å². The monoisotopic (exact) mass is 401 g/mol. The molecule has 0 saturated carbocycles. The summed E-state index contributed by atoms with van der Waals surface area (Å²) in [6.45, 7) is 8.48. The van der Waals surface area contributed by atoms with Crippen LogP contribution in [0.1, 0.15) is 35.0 Å². The average Bonchev–Trinajstić information content (AvgIpc) is 3.18. The van der Waals surface area contributed by atoms with Gasteiger partial charge in [0.2, 0.25) is 0 Å². The van der Waals surface area contributed by atoms with Gasteiger partial charge < -0.3 is 4.90 Å². The van der Waals surface area contributed by atoms with E-state index < -0.39 is 0 Å². The number of carbonyl (C=O) groups is 1. The quantitative estimate of drug-likeness (QED) is 0.711. The Balaban J connectivity index is 1.31. The highest BCUT2D eigenvalue weighted by atomic mass is 32.1. The molecule has 2 aliphatic rings. The van der Waals surface area contributed by atoms with Crippen molar-refractivity contribution in [1.29, 1.82) is 0 Å². The smallest absolute Gasteiger partial charge is 0.169 e. The number of Topliss-reactive ketones (excluding diaryl/α,β-unsaturated/α-hetero) is 1. The summed E-state index contributed by atoms with van der Waals surface area (Å²) in [7, 11) is 0. The molecule has 0 amide bonds. The molecule has 2 saturated heterocycles. The number of ketones is 1. The van der Waals surface area contributed by atoms with Crippen LogP contribution in [0.25, 0.3) is 0 Å². The van der Waals surface area contributed by atoms with Gasteiger partial charge in [-0.15, -0.1) is 11.3 Å². The largest absolute Gasteiger partial charge is 0.367 e. The lowest BCUT2D eigenvalue weighted by atomic mass is 10.0. The number of thiophene rings is 1.